The minimum absolute atomic E-state index is 0.0766. The number of thiazole rings is 1. The molecule has 0 spiro atoms. The molecule has 2 rings (SSSR count). The van der Waals surface area contributed by atoms with Crippen LogP contribution in [0.2, 0.25) is 0 Å². The van der Waals surface area contributed by atoms with Gasteiger partial charge in [0, 0.05) is 16.8 Å². The maximum atomic E-state index is 12.4. The summed E-state index contributed by atoms with van der Waals surface area (Å²) in [6.07, 6.45) is 0.781. The molecule has 4 N–H and O–H groups in total. The second-order valence-electron chi connectivity index (χ2n) is 5.86. The van der Waals surface area contributed by atoms with Gasteiger partial charge in [-0.15, -0.1) is 11.3 Å². The number of amides is 3. The first-order valence-electron chi connectivity index (χ1n) is 7.72. The number of nitrogens with one attached hydrogen (secondary N) is 2. The molecule has 0 radical (unpaired) electrons. The lowest BCUT2D eigenvalue weighted by Gasteiger charge is -2.27. The Kier molecular flexibility index (Phi) is 5.56. The van der Waals surface area contributed by atoms with Crippen molar-refractivity contribution in [1.82, 2.24) is 10.3 Å². The molecule has 1 aromatic carbocycles. The van der Waals surface area contributed by atoms with E-state index in [0.29, 0.717) is 17.7 Å². The van der Waals surface area contributed by atoms with Crippen molar-refractivity contribution in [3.05, 3.63) is 45.9 Å². The number of nitrogens with two attached hydrogens (primary N) is 1. The van der Waals surface area contributed by atoms with E-state index in [9.17, 15) is 9.59 Å². The Hall–Kier alpha value is -2.41. The van der Waals surface area contributed by atoms with E-state index in [0.717, 1.165) is 10.7 Å². The largest absolute Gasteiger partial charge is 0.369 e. The topological polar surface area (TPSA) is 97.1 Å². The molecule has 0 aliphatic heterocycles. The minimum Gasteiger partial charge on any atom is -0.369 e. The average Bonchev–Trinajstić information content (AvgIpc) is 2.96. The van der Waals surface area contributed by atoms with Crippen LogP contribution in [0.4, 0.5) is 10.5 Å². The Labute approximate surface area is 145 Å². The maximum Gasteiger partial charge on any atom is 0.320 e. The second kappa shape index (κ2) is 7.44. The van der Waals surface area contributed by atoms with Crippen molar-refractivity contribution in [1.29, 1.82) is 0 Å². The van der Waals surface area contributed by atoms with Gasteiger partial charge in [-0.1, -0.05) is 25.1 Å². The quantitative estimate of drug-likeness (QED) is 0.750. The lowest BCUT2D eigenvalue weighted by atomic mass is 10.0. The van der Waals surface area contributed by atoms with E-state index in [1.807, 2.05) is 26.2 Å². The number of urea groups is 1. The molecule has 1 heterocycles. The fraction of sp³-hybridized carbons (Fsp3) is 0.353. The van der Waals surface area contributed by atoms with Crippen molar-refractivity contribution in [3.63, 3.8) is 0 Å². The number of rotatable bonds is 6. The predicted molar refractivity (Wildman–Crippen MR) is 96.0 cm³/mol. The average molecular weight is 346 g/mol. The smallest absolute Gasteiger partial charge is 0.320 e. The van der Waals surface area contributed by atoms with Gasteiger partial charge in [-0.05, 0) is 31.9 Å². The van der Waals surface area contributed by atoms with Gasteiger partial charge in [-0.25, -0.2) is 9.78 Å². The number of primary amides is 1. The molecule has 1 atom stereocenters. The Morgan fingerprint density at radius 1 is 1.33 bits per heavy atom. The first kappa shape index (κ1) is 17.9. The minimum atomic E-state index is -0.554. The van der Waals surface area contributed by atoms with E-state index in [2.05, 4.69) is 15.6 Å². The number of carbonyl (C=O) groups excluding carboxylic acids is 2. The molecule has 128 valence electrons. The Morgan fingerprint density at radius 3 is 2.62 bits per heavy atom. The summed E-state index contributed by atoms with van der Waals surface area (Å²) in [4.78, 5) is 28.1. The van der Waals surface area contributed by atoms with E-state index < -0.39 is 11.4 Å². The lowest BCUT2D eigenvalue weighted by Crippen LogP contribution is -2.45. The van der Waals surface area contributed by atoms with Gasteiger partial charge in [0.05, 0.1) is 12.0 Å². The highest BCUT2D eigenvalue weighted by Crippen LogP contribution is 2.27. The zero-order valence-corrected chi connectivity index (χ0v) is 14.9. The van der Waals surface area contributed by atoms with E-state index in [1.165, 1.54) is 11.3 Å². The number of para-hydroxylation sites is 1. The molecule has 24 heavy (non-hydrogen) atoms. The van der Waals surface area contributed by atoms with Gasteiger partial charge in [0.15, 0.2) is 0 Å². The number of hydrogen-bond donors (Lipinski definition) is 3. The summed E-state index contributed by atoms with van der Waals surface area (Å²) >= 11 is 1.53. The lowest BCUT2D eigenvalue weighted by molar-refractivity contribution is -0.117. The van der Waals surface area contributed by atoms with Crippen LogP contribution in [0.25, 0.3) is 0 Å². The number of aromatic nitrogens is 1. The monoisotopic (exact) mass is 346 g/mol. The molecule has 0 fully saturated rings. The van der Waals surface area contributed by atoms with Crippen molar-refractivity contribution >= 4 is 29.0 Å². The van der Waals surface area contributed by atoms with Gasteiger partial charge in [0.2, 0.25) is 5.91 Å². The van der Waals surface area contributed by atoms with Crippen molar-refractivity contribution in [2.75, 3.05) is 5.32 Å². The number of hydrogen-bond acceptors (Lipinski definition) is 4. The molecule has 1 aromatic heterocycles. The van der Waals surface area contributed by atoms with E-state index >= 15 is 0 Å². The van der Waals surface area contributed by atoms with Crippen molar-refractivity contribution in [2.45, 2.75) is 39.2 Å². The van der Waals surface area contributed by atoms with Crippen molar-refractivity contribution in [3.8, 4) is 0 Å². The molecule has 0 unspecified atom stereocenters. The highest BCUT2D eigenvalue weighted by atomic mass is 32.1. The zero-order valence-electron chi connectivity index (χ0n) is 14.1. The maximum absolute atomic E-state index is 12.4. The van der Waals surface area contributed by atoms with Crippen LogP contribution < -0.4 is 16.4 Å². The van der Waals surface area contributed by atoms with Gasteiger partial charge in [0.25, 0.3) is 0 Å². The van der Waals surface area contributed by atoms with Crippen molar-refractivity contribution < 1.29 is 9.59 Å². The van der Waals surface area contributed by atoms with Crippen LogP contribution >= 0.6 is 11.3 Å². The number of carbonyl (C=O) groups is 2. The first-order chi connectivity index (χ1) is 11.3. The number of aryl methyl sites for hydroxylation is 1. The first-order valence-corrected chi connectivity index (χ1v) is 8.60. The Bertz CT molecular complexity index is 744. The summed E-state index contributed by atoms with van der Waals surface area (Å²) < 4.78 is 0. The van der Waals surface area contributed by atoms with Crippen LogP contribution in [0.15, 0.2) is 29.6 Å². The Balaban J connectivity index is 2.14. The van der Waals surface area contributed by atoms with E-state index in [1.54, 1.807) is 24.3 Å². The summed E-state index contributed by atoms with van der Waals surface area (Å²) in [7, 11) is 0. The number of benzene rings is 1. The normalized spacial score (nSPS) is 13.1. The summed E-state index contributed by atoms with van der Waals surface area (Å²) in [5.41, 5.74) is 6.89. The van der Waals surface area contributed by atoms with Gasteiger partial charge in [-0.3, -0.25) is 4.79 Å². The summed E-state index contributed by atoms with van der Waals surface area (Å²) in [5.74, 6) is -0.443. The molecule has 3 amide bonds. The van der Waals surface area contributed by atoms with Crippen LogP contribution in [0.5, 0.6) is 0 Å². The van der Waals surface area contributed by atoms with Gasteiger partial charge < -0.3 is 16.4 Å². The van der Waals surface area contributed by atoms with Crippen LogP contribution in [-0.4, -0.2) is 16.9 Å². The fourth-order valence-corrected chi connectivity index (χ4v) is 3.28. The Morgan fingerprint density at radius 2 is 2.04 bits per heavy atom. The van der Waals surface area contributed by atoms with Crippen LogP contribution in [0, 0.1) is 6.92 Å². The zero-order chi connectivity index (χ0) is 17.7. The molecule has 7 heteroatoms. The van der Waals surface area contributed by atoms with E-state index in [-0.39, 0.29) is 12.5 Å². The third kappa shape index (κ3) is 4.32. The van der Waals surface area contributed by atoms with Gasteiger partial charge in [0.1, 0.15) is 5.01 Å². The number of anilines is 1. The summed E-state index contributed by atoms with van der Waals surface area (Å²) in [6.45, 7) is 5.87. The predicted octanol–water partition coefficient (Wildman–Crippen LogP) is 2.93. The molecule has 0 bridgehead atoms. The highest BCUT2D eigenvalue weighted by Gasteiger charge is 2.30. The summed E-state index contributed by atoms with van der Waals surface area (Å²) in [6, 6.07) is 6.77. The fourth-order valence-electron chi connectivity index (χ4n) is 2.29. The third-order valence-electron chi connectivity index (χ3n) is 3.82. The molecule has 0 saturated carbocycles. The molecule has 0 aliphatic rings. The van der Waals surface area contributed by atoms with Crippen LogP contribution in [0.1, 0.15) is 36.5 Å². The summed E-state index contributed by atoms with van der Waals surface area (Å²) in [5, 5.41) is 8.61. The molecular weight excluding hydrogens is 324 g/mol. The molecule has 2 aromatic rings. The molecule has 6 nitrogen and oxygen atoms in total. The van der Waals surface area contributed by atoms with E-state index in [4.69, 9.17) is 5.73 Å². The standard InChI is InChI=1S/C17H22N4O2S/c1-4-17(3,15-19-11(2)10-24-15)21-16(23)20-13-8-6-5-7-12(13)9-14(18)22/h5-8,10H,4,9H2,1-3H3,(H2,18,22)(H2,20,21,23)/t17-/m0/s1. The molecule has 0 aliphatic carbocycles. The molecular formula is C17H22N4O2S. The number of nitrogens with zero attached hydrogens (tertiary/aromatic N) is 1. The van der Waals surface area contributed by atoms with Crippen LogP contribution in [-0.2, 0) is 16.8 Å². The third-order valence-corrected chi connectivity index (χ3v) is 5.04. The highest BCUT2D eigenvalue weighted by molar-refractivity contribution is 7.09. The van der Waals surface area contributed by atoms with Gasteiger partial charge in [-0.2, -0.15) is 0 Å². The van der Waals surface area contributed by atoms with Gasteiger partial charge >= 0.3 is 6.03 Å². The van der Waals surface area contributed by atoms with Crippen molar-refractivity contribution in [2.24, 2.45) is 5.73 Å². The van der Waals surface area contributed by atoms with Crippen LogP contribution in [0.3, 0.4) is 0 Å². The second-order valence-corrected chi connectivity index (χ2v) is 6.72. The molecule has 0 saturated heterocycles. The SMILES string of the molecule is CC[C@](C)(NC(=O)Nc1ccccc1CC(N)=O)c1nc(C)cs1.